The fourth-order valence-electron chi connectivity index (χ4n) is 6.29. The van der Waals surface area contributed by atoms with Crippen molar-refractivity contribution in [1.82, 2.24) is 40.6 Å². The number of β-lactam (4-membered cyclic amide) rings is 1. The van der Waals surface area contributed by atoms with Crippen molar-refractivity contribution in [3.8, 4) is 0 Å². The Hall–Kier alpha value is -3.08. The smallest absolute Gasteiger partial charge is 0.353 e. The highest BCUT2D eigenvalue weighted by molar-refractivity contribution is 8.03. The van der Waals surface area contributed by atoms with Gasteiger partial charge in [-0.3, -0.25) is 14.4 Å². The number of nitrogens with one attached hydrogen (secondary N) is 2. The molecule has 39 heavy (non-hydrogen) atoms. The van der Waals surface area contributed by atoms with Gasteiger partial charge in [0.05, 0.1) is 18.0 Å². The minimum absolute atomic E-state index is 0.00513. The van der Waals surface area contributed by atoms with Crippen LogP contribution in [0.2, 0.25) is 0 Å². The van der Waals surface area contributed by atoms with E-state index in [-0.39, 0.29) is 59.3 Å². The molecule has 0 aromatic carbocycles. The van der Waals surface area contributed by atoms with Crippen LogP contribution in [0.25, 0.3) is 0 Å². The number of fused-ring (bicyclic) bond motifs is 1. The van der Waals surface area contributed by atoms with Crippen molar-refractivity contribution < 1.29 is 24.3 Å². The van der Waals surface area contributed by atoms with E-state index in [1.54, 1.807) is 11.8 Å². The molecule has 1 aromatic heterocycles. The van der Waals surface area contributed by atoms with Crippen molar-refractivity contribution in [2.45, 2.75) is 68.7 Å². The monoisotopic (exact) mass is 562 g/mol. The number of aliphatic carboxylic acids is 1. The molecule has 4 aliphatic rings. The first-order valence-corrected chi connectivity index (χ1v) is 14.0. The maximum atomic E-state index is 13.2. The van der Waals surface area contributed by atoms with E-state index in [1.807, 2.05) is 6.92 Å². The molecule has 7 N–H and O–H groups in total. The van der Waals surface area contributed by atoms with E-state index in [4.69, 9.17) is 11.5 Å². The van der Waals surface area contributed by atoms with Crippen LogP contribution in [-0.2, 0) is 25.7 Å². The average molecular weight is 563 g/mol. The molecule has 5 heterocycles. The molecule has 3 amide bonds. The lowest BCUT2D eigenvalue weighted by atomic mass is 9.78. The maximum Gasteiger partial charge on any atom is 0.353 e. The summed E-state index contributed by atoms with van der Waals surface area (Å²) in [5.41, 5.74) is 11.9. The van der Waals surface area contributed by atoms with Crippen LogP contribution in [0.3, 0.4) is 0 Å². The summed E-state index contributed by atoms with van der Waals surface area (Å²) < 4.78 is 1.27. The fourth-order valence-corrected chi connectivity index (χ4v) is 7.77. The van der Waals surface area contributed by atoms with Gasteiger partial charge in [-0.05, 0) is 30.2 Å². The number of carbonyl (C=O) groups excluding carboxylic acids is 3. The van der Waals surface area contributed by atoms with Gasteiger partial charge >= 0.3 is 5.97 Å². The van der Waals surface area contributed by atoms with Crippen molar-refractivity contribution in [3.63, 3.8) is 0 Å². The third kappa shape index (κ3) is 5.01. The predicted octanol–water partition coefficient (Wildman–Crippen LogP) is -2.70. The minimum atomic E-state index is -1.16. The quantitative estimate of drug-likeness (QED) is 0.194. The van der Waals surface area contributed by atoms with E-state index < -0.39 is 24.0 Å². The van der Waals surface area contributed by atoms with Gasteiger partial charge in [0.1, 0.15) is 18.6 Å². The Kier molecular flexibility index (Phi) is 7.63. The summed E-state index contributed by atoms with van der Waals surface area (Å²) in [5, 5.41) is 26.8. The van der Waals surface area contributed by atoms with Gasteiger partial charge in [0.15, 0.2) is 0 Å². The highest BCUT2D eigenvalue weighted by atomic mass is 32.2. The second-order valence-electron chi connectivity index (χ2n) is 10.7. The molecule has 1 aromatic rings. The second kappa shape index (κ2) is 10.8. The largest absolute Gasteiger partial charge is 0.477 e. The number of aromatic nitrogens is 4. The van der Waals surface area contributed by atoms with E-state index in [0.717, 1.165) is 0 Å². The Morgan fingerprint density at radius 1 is 1.33 bits per heavy atom. The summed E-state index contributed by atoms with van der Waals surface area (Å²) in [4.78, 5) is 54.8. The van der Waals surface area contributed by atoms with Crippen LogP contribution in [0, 0.1) is 11.8 Å². The third-order valence-electron chi connectivity index (χ3n) is 8.10. The lowest BCUT2D eigenvalue weighted by molar-refractivity contribution is -0.158. The van der Waals surface area contributed by atoms with Gasteiger partial charge in [0, 0.05) is 53.8 Å². The number of hydrogen-bond acceptors (Lipinski definition) is 11. The Balaban J connectivity index is 1.23. The fraction of sp³-hybridized carbons (Fsp3) is 0.696. The zero-order valence-electron chi connectivity index (χ0n) is 21.8. The Bertz CT molecular complexity index is 1180. The number of thioether (sulfide) groups is 1. The molecule has 0 aliphatic carbocycles. The Morgan fingerprint density at radius 3 is 2.77 bits per heavy atom. The zero-order chi connectivity index (χ0) is 28.0. The molecular weight excluding hydrogens is 528 g/mol. The molecule has 0 radical (unpaired) electrons. The molecule has 0 saturated carbocycles. The van der Waals surface area contributed by atoms with Gasteiger partial charge in [-0.15, -0.1) is 16.9 Å². The number of nitrogens with zero attached hydrogens (tertiary/aromatic N) is 6. The highest BCUT2D eigenvalue weighted by Crippen LogP contribution is 2.51. The van der Waals surface area contributed by atoms with Crippen molar-refractivity contribution in [2.24, 2.45) is 23.3 Å². The average Bonchev–Trinajstić information content (AvgIpc) is 3.67. The maximum absolute atomic E-state index is 13.2. The first-order chi connectivity index (χ1) is 18.6. The van der Waals surface area contributed by atoms with Crippen LogP contribution in [-0.4, -0.2) is 114 Å². The van der Waals surface area contributed by atoms with Gasteiger partial charge < -0.3 is 37.0 Å². The normalized spacial score (nSPS) is 32.8. The second-order valence-corrected chi connectivity index (χ2v) is 12.0. The zero-order valence-corrected chi connectivity index (χ0v) is 22.6. The van der Waals surface area contributed by atoms with Gasteiger partial charge in [0.2, 0.25) is 17.7 Å². The van der Waals surface area contributed by atoms with Crippen LogP contribution >= 0.6 is 11.8 Å². The number of rotatable bonds is 9. The van der Waals surface area contributed by atoms with Gasteiger partial charge in [0.25, 0.3) is 0 Å². The summed E-state index contributed by atoms with van der Waals surface area (Å²) in [6, 6.07) is -1.44. The molecule has 4 aliphatic heterocycles. The van der Waals surface area contributed by atoms with Crippen LogP contribution in [0.5, 0.6) is 0 Å². The van der Waals surface area contributed by atoms with E-state index >= 15 is 0 Å². The molecule has 0 spiro atoms. The molecule has 8 atom stereocenters. The van der Waals surface area contributed by atoms with Crippen molar-refractivity contribution >= 4 is 35.5 Å². The number of likely N-dealkylation sites (tertiary alicyclic amines) is 1. The summed E-state index contributed by atoms with van der Waals surface area (Å²) in [7, 11) is 0. The van der Waals surface area contributed by atoms with Crippen LogP contribution in [0.4, 0.5) is 0 Å². The van der Waals surface area contributed by atoms with E-state index in [1.165, 1.54) is 27.7 Å². The number of amides is 3. The summed E-state index contributed by atoms with van der Waals surface area (Å²) in [6.07, 6.45) is 2.53. The molecule has 3 fully saturated rings. The van der Waals surface area contributed by atoms with Crippen molar-refractivity contribution in [1.29, 1.82) is 0 Å². The first kappa shape index (κ1) is 27.5. The molecule has 16 heteroatoms. The standard InChI is InChI=1S/C23H34N10O5S/c1-10-18-17(11(2)28-16(34)8-31-9-27-29-30-31)22(36)33(18)19(23(37)38)20(10)39-14-4-15(26-6-14)21(35)32-7-12(25)3-13(32)5-24/h9-15,17-18,26H,3-8,24-25H2,1-2H3,(H,28,34)(H,37,38)/t10-,11-,12-,13+,14+,15+,17-,18-/m1/s1. The van der Waals surface area contributed by atoms with E-state index in [0.29, 0.717) is 37.4 Å². The molecule has 3 saturated heterocycles. The van der Waals surface area contributed by atoms with Crippen molar-refractivity contribution in [2.75, 3.05) is 19.6 Å². The van der Waals surface area contributed by atoms with Gasteiger partial charge in [-0.25, -0.2) is 9.48 Å². The molecule has 0 bridgehead atoms. The highest BCUT2D eigenvalue weighted by Gasteiger charge is 2.60. The Morgan fingerprint density at radius 2 is 2.10 bits per heavy atom. The SMILES string of the molecule is C[C@@H](NC(=O)Cn1cnnn1)[C@H]1C(=O)N2C(C(=O)O)=C(S[C@@H]3CN[C@H](C(=O)N4C[C@H](N)C[C@H]4CN)C3)[C@H](C)[C@H]12. The topological polar surface area (TPSA) is 215 Å². The van der Waals surface area contributed by atoms with E-state index in [9.17, 15) is 24.3 Å². The van der Waals surface area contributed by atoms with Gasteiger partial charge in [-0.1, -0.05) is 6.92 Å². The number of carboxylic acids is 1. The molecule has 0 unspecified atom stereocenters. The van der Waals surface area contributed by atoms with Crippen LogP contribution in [0.1, 0.15) is 26.7 Å². The molecular formula is C23H34N10O5S. The summed E-state index contributed by atoms with van der Waals surface area (Å²) in [6.45, 7) is 4.93. The van der Waals surface area contributed by atoms with E-state index in [2.05, 4.69) is 26.2 Å². The van der Waals surface area contributed by atoms with Crippen LogP contribution in [0.15, 0.2) is 16.9 Å². The number of tetrazole rings is 1. The lowest BCUT2D eigenvalue weighted by Gasteiger charge is -2.47. The predicted molar refractivity (Wildman–Crippen MR) is 138 cm³/mol. The summed E-state index contributed by atoms with van der Waals surface area (Å²) in [5.74, 6) is -2.67. The summed E-state index contributed by atoms with van der Waals surface area (Å²) >= 11 is 1.42. The first-order valence-electron chi connectivity index (χ1n) is 13.1. The van der Waals surface area contributed by atoms with Crippen LogP contribution < -0.4 is 22.1 Å². The van der Waals surface area contributed by atoms with Crippen molar-refractivity contribution in [3.05, 3.63) is 16.9 Å². The number of carboxylic acid groups (broad SMARTS) is 1. The van der Waals surface area contributed by atoms with Gasteiger partial charge in [-0.2, -0.15) is 0 Å². The molecule has 15 nitrogen and oxygen atoms in total. The molecule has 5 rings (SSSR count). The number of carbonyl (C=O) groups is 4. The number of hydrogen-bond donors (Lipinski definition) is 5. The lowest BCUT2D eigenvalue weighted by Crippen LogP contribution is -2.66. The Labute approximate surface area is 229 Å². The minimum Gasteiger partial charge on any atom is -0.477 e. The molecule has 212 valence electrons. The third-order valence-corrected chi connectivity index (χ3v) is 9.61. The number of nitrogens with two attached hydrogens (primary N) is 2.